The van der Waals surface area contributed by atoms with E-state index in [9.17, 15) is 5.11 Å². The zero-order valence-corrected chi connectivity index (χ0v) is 12.0. The van der Waals surface area contributed by atoms with Crippen molar-refractivity contribution in [3.05, 3.63) is 52.6 Å². The molecule has 1 aliphatic heterocycles. The minimum absolute atomic E-state index is 0.413. The summed E-state index contributed by atoms with van der Waals surface area (Å²) >= 11 is 0. The Bertz CT molecular complexity index is 705. The molecule has 2 aliphatic rings. The molecule has 4 rings (SSSR count). The second-order valence-electron chi connectivity index (χ2n) is 6.14. The van der Waals surface area contributed by atoms with Crippen molar-refractivity contribution in [1.82, 2.24) is 4.90 Å². The lowest BCUT2D eigenvalue weighted by Crippen LogP contribution is -2.35. The van der Waals surface area contributed by atoms with Gasteiger partial charge in [-0.05, 0) is 55.1 Å². The summed E-state index contributed by atoms with van der Waals surface area (Å²) in [5, 5.41) is 10.4. The molecule has 0 aromatic heterocycles. The molecule has 2 aromatic carbocycles. The van der Waals surface area contributed by atoms with Gasteiger partial charge in [0.2, 0.25) is 0 Å². The fraction of sp³-hybridized carbons (Fsp3) is 0.333. The Morgan fingerprint density at radius 2 is 1.95 bits per heavy atom. The highest BCUT2D eigenvalue weighted by atomic mass is 16.3. The number of phenols is 1. The predicted octanol–water partition coefficient (Wildman–Crippen LogP) is 3.45. The number of nitrogens with zero attached hydrogens (tertiary/aromatic N) is 1. The van der Waals surface area contributed by atoms with Gasteiger partial charge in [-0.1, -0.05) is 29.8 Å². The number of likely N-dealkylation sites (N-methyl/N-ethyl adjacent to an activating group) is 1. The van der Waals surface area contributed by atoms with E-state index in [1.54, 1.807) is 0 Å². The van der Waals surface area contributed by atoms with Gasteiger partial charge in [0.25, 0.3) is 0 Å². The Balaban J connectivity index is 2.06. The number of hydrogen-bond acceptors (Lipinski definition) is 2. The van der Waals surface area contributed by atoms with Crippen LogP contribution < -0.4 is 0 Å². The van der Waals surface area contributed by atoms with Crippen molar-refractivity contribution in [3.63, 3.8) is 0 Å². The van der Waals surface area contributed by atoms with E-state index in [0.717, 1.165) is 24.9 Å². The van der Waals surface area contributed by atoms with Crippen molar-refractivity contribution >= 4 is 0 Å². The first kappa shape index (κ1) is 12.0. The highest BCUT2D eigenvalue weighted by Gasteiger charge is 2.33. The van der Waals surface area contributed by atoms with Crippen LogP contribution >= 0.6 is 0 Å². The number of rotatable bonds is 0. The molecule has 0 unspecified atom stereocenters. The number of fused-ring (bicyclic) bond motifs is 2. The van der Waals surface area contributed by atoms with Crippen LogP contribution in [0.3, 0.4) is 0 Å². The molecule has 1 atom stereocenters. The van der Waals surface area contributed by atoms with Crippen LogP contribution in [0.15, 0.2) is 30.3 Å². The van der Waals surface area contributed by atoms with Crippen LogP contribution in [0.4, 0.5) is 0 Å². The average molecular weight is 265 g/mol. The minimum Gasteiger partial charge on any atom is -0.507 e. The largest absolute Gasteiger partial charge is 0.507 e. The van der Waals surface area contributed by atoms with E-state index in [1.165, 1.54) is 27.8 Å². The number of phenolic OH excluding ortho intramolecular Hbond substituents is 1. The van der Waals surface area contributed by atoms with Gasteiger partial charge in [-0.2, -0.15) is 0 Å². The molecule has 0 saturated heterocycles. The first-order chi connectivity index (χ1) is 9.65. The number of aryl methyl sites for hydroxylation is 1. The summed E-state index contributed by atoms with van der Waals surface area (Å²) in [6.07, 6.45) is 2.13. The lowest BCUT2D eigenvalue weighted by atomic mass is 9.76. The number of hydrogen-bond donors (Lipinski definition) is 1. The molecular weight excluding hydrogens is 246 g/mol. The average Bonchev–Trinajstić information content (AvgIpc) is 2.44. The van der Waals surface area contributed by atoms with Crippen molar-refractivity contribution in [3.8, 4) is 16.9 Å². The molecule has 0 radical (unpaired) electrons. The Labute approximate surface area is 119 Å². The van der Waals surface area contributed by atoms with Crippen LogP contribution in [0, 0.1) is 6.92 Å². The summed E-state index contributed by atoms with van der Waals surface area (Å²) in [6.45, 7) is 3.22. The Morgan fingerprint density at radius 3 is 2.80 bits per heavy atom. The zero-order valence-electron chi connectivity index (χ0n) is 12.0. The van der Waals surface area contributed by atoms with Crippen molar-refractivity contribution < 1.29 is 5.11 Å². The van der Waals surface area contributed by atoms with E-state index in [-0.39, 0.29) is 0 Å². The van der Waals surface area contributed by atoms with Gasteiger partial charge in [-0.3, -0.25) is 4.90 Å². The smallest absolute Gasteiger partial charge is 0.123 e. The molecular formula is C18H19NO. The van der Waals surface area contributed by atoms with Crippen LogP contribution in [0.2, 0.25) is 0 Å². The van der Waals surface area contributed by atoms with E-state index >= 15 is 0 Å². The lowest BCUT2D eigenvalue weighted by Gasteiger charge is -2.40. The molecule has 20 heavy (non-hydrogen) atoms. The summed E-state index contributed by atoms with van der Waals surface area (Å²) in [5.74, 6) is 0.426. The highest BCUT2D eigenvalue weighted by molar-refractivity contribution is 5.81. The SMILES string of the molecule is Cc1ccc2c(c1)-c1c(O)ccc3c1[C@H](C2)N(C)CC3. The van der Waals surface area contributed by atoms with E-state index in [1.807, 2.05) is 6.07 Å². The Kier molecular flexibility index (Phi) is 2.45. The zero-order chi connectivity index (χ0) is 13.9. The molecule has 0 saturated carbocycles. The van der Waals surface area contributed by atoms with E-state index in [4.69, 9.17) is 0 Å². The predicted molar refractivity (Wildman–Crippen MR) is 81.1 cm³/mol. The maximum atomic E-state index is 10.4. The third-order valence-electron chi connectivity index (χ3n) is 4.86. The number of aromatic hydroxyl groups is 1. The fourth-order valence-corrected chi connectivity index (χ4v) is 3.77. The second-order valence-corrected chi connectivity index (χ2v) is 6.14. The summed E-state index contributed by atoms with van der Waals surface area (Å²) in [5.41, 5.74) is 7.68. The van der Waals surface area contributed by atoms with Gasteiger partial charge in [0, 0.05) is 18.2 Å². The van der Waals surface area contributed by atoms with Gasteiger partial charge in [0.15, 0.2) is 0 Å². The molecule has 0 amide bonds. The maximum Gasteiger partial charge on any atom is 0.123 e. The molecule has 1 N–H and O–H groups in total. The van der Waals surface area contributed by atoms with Crippen LogP contribution in [-0.2, 0) is 12.8 Å². The van der Waals surface area contributed by atoms with Gasteiger partial charge in [0.1, 0.15) is 5.75 Å². The monoisotopic (exact) mass is 265 g/mol. The third kappa shape index (κ3) is 1.55. The number of benzene rings is 2. The van der Waals surface area contributed by atoms with Gasteiger partial charge in [-0.15, -0.1) is 0 Å². The first-order valence-electron chi connectivity index (χ1n) is 7.30. The standard InChI is InChI=1S/C18H19NO/c1-11-3-4-13-10-15-17-12(7-8-19(15)2)5-6-16(20)18(17)14(13)9-11/h3-6,9,15,20H,7-8,10H2,1-2H3/t15-/m0/s1. The molecule has 0 spiro atoms. The van der Waals surface area contributed by atoms with Crippen molar-refractivity contribution in [1.29, 1.82) is 0 Å². The maximum absolute atomic E-state index is 10.4. The quantitative estimate of drug-likeness (QED) is 0.788. The van der Waals surface area contributed by atoms with Gasteiger partial charge in [-0.25, -0.2) is 0 Å². The molecule has 1 aliphatic carbocycles. The van der Waals surface area contributed by atoms with Crippen LogP contribution in [0.1, 0.15) is 28.3 Å². The van der Waals surface area contributed by atoms with Crippen molar-refractivity contribution in [2.24, 2.45) is 0 Å². The molecule has 2 heteroatoms. The van der Waals surface area contributed by atoms with Crippen molar-refractivity contribution in [2.45, 2.75) is 25.8 Å². The molecule has 0 bridgehead atoms. The Hall–Kier alpha value is -1.80. The van der Waals surface area contributed by atoms with E-state index in [0.29, 0.717) is 11.8 Å². The van der Waals surface area contributed by atoms with Crippen molar-refractivity contribution in [2.75, 3.05) is 13.6 Å². The van der Waals surface area contributed by atoms with Crippen LogP contribution in [0.25, 0.3) is 11.1 Å². The van der Waals surface area contributed by atoms with Gasteiger partial charge < -0.3 is 5.11 Å². The second kappa shape index (κ2) is 4.10. The van der Waals surface area contributed by atoms with E-state index < -0.39 is 0 Å². The molecule has 102 valence electrons. The van der Waals surface area contributed by atoms with Gasteiger partial charge in [0.05, 0.1) is 0 Å². The fourth-order valence-electron chi connectivity index (χ4n) is 3.77. The molecule has 2 aromatic rings. The molecule has 1 heterocycles. The lowest BCUT2D eigenvalue weighted by molar-refractivity contribution is 0.227. The molecule has 2 nitrogen and oxygen atoms in total. The minimum atomic E-state index is 0.413. The highest BCUT2D eigenvalue weighted by Crippen LogP contribution is 2.48. The van der Waals surface area contributed by atoms with Crippen LogP contribution in [0.5, 0.6) is 5.75 Å². The summed E-state index contributed by atoms with van der Waals surface area (Å²) < 4.78 is 0. The topological polar surface area (TPSA) is 23.5 Å². The first-order valence-corrected chi connectivity index (χ1v) is 7.30. The summed E-state index contributed by atoms with van der Waals surface area (Å²) in [4.78, 5) is 2.42. The van der Waals surface area contributed by atoms with E-state index in [2.05, 4.69) is 43.1 Å². The normalized spacial score (nSPS) is 20.4. The third-order valence-corrected chi connectivity index (χ3v) is 4.86. The molecule has 0 fully saturated rings. The van der Waals surface area contributed by atoms with Crippen LogP contribution in [-0.4, -0.2) is 23.6 Å². The summed E-state index contributed by atoms with van der Waals surface area (Å²) in [7, 11) is 2.20. The Morgan fingerprint density at radius 1 is 1.15 bits per heavy atom. The summed E-state index contributed by atoms with van der Waals surface area (Å²) in [6, 6.07) is 11.0. The van der Waals surface area contributed by atoms with Gasteiger partial charge >= 0.3 is 0 Å².